The highest BCUT2D eigenvalue weighted by Crippen LogP contribution is 2.33. The van der Waals surface area contributed by atoms with E-state index in [1.54, 1.807) is 6.07 Å². The van der Waals surface area contributed by atoms with E-state index in [1.807, 2.05) is 0 Å². The first-order chi connectivity index (χ1) is 10.9. The summed E-state index contributed by atoms with van der Waals surface area (Å²) in [6, 6.07) is 7.97. The van der Waals surface area contributed by atoms with Gasteiger partial charge in [0.1, 0.15) is 5.69 Å². The van der Waals surface area contributed by atoms with Crippen LogP contribution in [-0.4, -0.2) is 22.9 Å². The number of hydrogen-bond donors (Lipinski definition) is 1. The van der Waals surface area contributed by atoms with Crippen molar-refractivity contribution in [2.75, 3.05) is 0 Å². The lowest BCUT2D eigenvalue weighted by Crippen LogP contribution is -2.01. The fraction of sp³-hybridized carbons (Fsp3) is 0.0714. The summed E-state index contributed by atoms with van der Waals surface area (Å²) in [5.41, 5.74) is -0.554. The molecule has 0 aliphatic rings. The molecule has 0 aliphatic carbocycles. The lowest BCUT2D eigenvalue weighted by Gasteiger charge is -2.07. The number of nitrogens with zero attached hydrogens (tertiary/aromatic N) is 2. The number of phenolic OH excluding ortho intramolecular Hbond substituents is 1. The smallest absolute Gasteiger partial charge is 0.387 e. The predicted molar refractivity (Wildman–Crippen MR) is 80.1 cm³/mol. The van der Waals surface area contributed by atoms with Gasteiger partial charge in [-0.1, -0.05) is 23.7 Å². The summed E-state index contributed by atoms with van der Waals surface area (Å²) >= 11 is 5.75. The van der Waals surface area contributed by atoms with Crippen molar-refractivity contribution in [3.8, 4) is 11.5 Å². The predicted octanol–water partition coefficient (Wildman–Crippen LogP) is 4.31. The zero-order valence-electron chi connectivity index (χ0n) is 11.3. The quantitative estimate of drug-likeness (QED) is 0.498. The Kier molecular flexibility index (Phi) is 5.07. The van der Waals surface area contributed by atoms with E-state index in [-0.39, 0.29) is 22.0 Å². The molecule has 2 aromatic rings. The summed E-state index contributed by atoms with van der Waals surface area (Å²) < 4.78 is 28.9. The molecule has 2 aromatic carbocycles. The van der Waals surface area contributed by atoms with Crippen LogP contribution in [0, 0.1) is 10.1 Å². The molecule has 0 aliphatic heterocycles. The molecule has 0 radical (unpaired) electrons. The summed E-state index contributed by atoms with van der Waals surface area (Å²) in [4.78, 5) is 13.9. The summed E-state index contributed by atoms with van der Waals surface area (Å²) in [5, 5.41) is 20.7. The Morgan fingerprint density at radius 1 is 1.35 bits per heavy atom. The van der Waals surface area contributed by atoms with Gasteiger partial charge in [0, 0.05) is 22.9 Å². The molecule has 0 atom stereocenters. The summed E-state index contributed by atoms with van der Waals surface area (Å²) in [5.74, 6) is -0.801. The molecule has 0 unspecified atom stereocenters. The number of hydrogen-bond acceptors (Lipinski definition) is 5. The number of alkyl halides is 2. The van der Waals surface area contributed by atoms with E-state index < -0.39 is 23.0 Å². The highest BCUT2D eigenvalue weighted by atomic mass is 35.5. The molecule has 23 heavy (non-hydrogen) atoms. The monoisotopic (exact) mass is 342 g/mol. The van der Waals surface area contributed by atoms with Gasteiger partial charge in [-0.05, 0) is 18.2 Å². The first-order valence-electron chi connectivity index (χ1n) is 6.13. The standard InChI is InChI=1S/C14H9ClF2N2O4/c15-9-5-8(13(20)11(6-9)19(21)22)7-18-10-3-1-2-4-12(10)23-14(16)17/h1-7,14,20H. The van der Waals surface area contributed by atoms with Gasteiger partial charge in [-0.2, -0.15) is 8.78 Å². The van der Waals surface area contributed by atoms with Crippen molar-refractivity contribution in [1.82, 2.24) is 0 Å². The molecule has 0 heterocycles. The van der Waals surface area contributed by atoms with Gasteiger partial charge in [0.15, 0.2) is 5.75 Å². The topological polar surface area (TPSA) is 85.0 Å². The Bertz CT molecular complexity index is 768. The van der Waals surface area contributed by atoms with Crippen molar-refractivity contribution >= 4 is 29.2 Å². The van der Waals surface area contributed by atoms with Gasteiger partial charge in [-0.3, -0.25) is 15.1 Å². The van der Waals surface area contributed by atoms with Gasteiger partial charge in [-0.25, -0.2) is 0 Å². The molecule has 0 saturated carbocycles. The van der Waals surface area contributed by atoms with Crippen LogP contribution in [0.25, 0.3) is 0 Å². The number of para-hydroxylation sites is 2. The van der Waals surface area contributed by atoms with E-state index in [2.05, 4.69) is 9.73 Å². The lowest BCUT2D eigenvalue weighted by molar-refractivity contribution is -0.385. The minimum absolute atomic E-state index is 0.0214. The van der Waals surface area contributed by atoms with Crippen molar-refractivity contribution in [3.05, 3.63) is 57.1 Å². The molecule has 0 spiro atoms. The van der Waals surface area contributed by atoms with Crippen molar-refractivity contribution in [3.63, 3.8) is 0 Å². The summed E-state index contributed by atoms with van der Waals surface area (Å²) in [6.45, 7) is -3.02. The highest BCUT2D eigenvalue weighted by Gasteiger charge is 2.18. The number of aromatic hydroxyl groups is 1. The molecule has 2 rings (SSSR count). The van der Waals surface area contributed by atoms with Gasteiger partial charge in [0.2, 0.25) is 5.75 Å². The zero-order chi connectivity index (χ0) is 17.0. The van der Waals surface area contributed by atoms with Crippen LogP contribution < -0.4 is 4.74 Å². The molecule has 0 aromatic heterocycles. The Labute approximate surface area is 133 Å². The maximum Gasteiger partial charge on any atom is 0.387 e. The second-order valence-corrected chi connectivity index (χ2v) is 4.66. The normalized spacial score (nSPS) is 11.1. The molecule has 0 saturated heterocycles. The van der Waals surface area contributed by atoms with E-state index in [1.165, 1.54) is 24.3 Å². The first-order valence-corrected chi connectivity index (χ1v) is 6.51. The largest absolute Gasteiger partial charge is 0.502 e. The van der Waals surface area contributed by atoms with Gasteiger partial charge >= 0.3 is 12.3 Å². The van der Waals surface area contributed by atoms with Gasteiger partial charge < -0.3 is 9.84 Å². The Balaban J connectivity index is 2.40. The van der Waals surface area contributed by atoms with Gasteiger partial charge in [-0.15, -0.1) is 0 Å². The van der Waals surface area contributed by atoms with Crippen LogP contribution in [0.1, 0.15) is 5.56 Å². The fourth-order valence-electron chi connectivity index (χ4n) is 1.74. The number of phenols is 1. The van der Waals surface area contributed by atoms with E-state index in [0.29, 0.717) is 0 Å². The van der Waals surface area contributed by atoms with Crippen LogP contribution in [0.5, 0.6) is 11.5 Å². The maximum absolute atomic E-state index is 12.3. The van der Waals surface area contributed by atoms with E-state index in [9.17, 15) is 24.0 Å². The number of rotatable bonds is 5. The molecule has 9 heteroatoms. The molecule has 0 amide bonds. The van der Waals surface area contributed by atoms with Crippen molar-refractivity contribution in [1.29, 1.82) is 0 Å². The number of nitro benzene ring substituents is 1. The van der Waals surface area contributed by atoms with Crippen LogP contribution in [0.15, 0.2) is 41.4 Å². The van der Waals surface area contributed by atoms with Crippen LogP contribution in [0.4, 0.5) is 20.2 Å². The third-order valence-electron chi connectivity index (χ3n) is 2.70. The minimum atomic E-state index is -3.02. The second-order valence-electron chi connectivity index (χ2n) is 4.22. The number of aliphatic imine (C=N–C) groups is 1. The maximum atomic E-state index is 12.3. The number of halogens is 3. The number of ether oxygens (including phenoxy) is 1. The van der Waals surface area contributed by atoms with Crippen molar-refractivity contribution in [2.45, 2.75) is 6.61 Å². The van der Waals surface area contributed by atoms with E-state index >= 15 is 0 Å². The molecular weight excluding hydrogens is 334 g/mol. The molecular formula is C14H9ClF2N2O4. The van der Waals surface area contributed by atoms with E-state index in [0.717, 1.165) is 12.3 Å². The third kappa shape index (κ3) is 4.13. The first kappa shape index (κ1) is 16.6. The average molecular weight is 343 g/mol. The van der Waals surface area contributed by atoms with Gasteiger partial charge in [0.05, 0.1) is 4.92 Å². The zero-order valence-corrected chi connectivity index (χ0v) is 12.1. The summed E-state index contributed by atoms with van der Waals surface area (Å²) in [6.07, 6.45) is 1.07. The Morgan fingerprint density at radius 2 is 2.04 bits per heavy atom. The molecule has 120 valence electrons. The second kappa shape index (κ2) is 7.01. The van der Waals surface area contributed by atoms with E-state index in [4.69, 9.17) is 11.6 Å². The third-order valence-corrected chi connectivity index (χ3v) is 2.92. The lowest BCUT2D eigenvalue weighted by atomic mass is 10.2. The van der Waals surface area contributed by atoms with Crippen molar-refractivity contribution in [2.24, 2.45) is 4.99 Å². The number of nitro groups is 1. The molecule has 1 N–H and O–H groups in total. The Hall–Kier alpha value is -2.74. The van der Waals surface area contributed by atoms with Crippen molar-refractivity contribution < 1.29 is 23.5 Å². The molecule has 0 fully saturated rings. The van der Waals surface area contributed by atoms with Crippen LogP contribution in [-0.2, 0) is 0 Å². The van der Waals surface area contributed by atoms with Crippen LogP contribution >= 0.6 is 11.6 Å². The Morgan fingerprint density at radius 3 is 2.70 bits per heavy atom. The highest BCUT2D eigenvalue weighted by molar-refractivity contribution is 6.31. The molecule has 6 nitrogen and oxygen atoms in total. The fourth-order valence-corrected chi connectivity index (χ4v) is 1.96. The van der Waals surface area contributed by atoms with Crippen LogP contribution in [0.3, 0.4) is 0 Å². The van der Waals surface area contributed by atoms with Gasteiger partial charge in [0.25, 0.3) is 0 Å². The average Bonchev–Trinajstić information content (AvgIpc) is 2.48. The summed E-state index contributed by atoms with van der Waals surface area (Å²) in [7, 11) is 0. The minimum Gasteiger partial charge on any atom is -0.502 e. The van der Waals surface area contributed by atoms with Crippen LogP contribution in [0.2, 0.25) is 5.02 Å². The number of benzene rings is 2. The SMILES string of the molecule is O=[N+]([O-])c1cc(Cl)cc(C=Nc2ccccc2OC(F)F)c1O. The molecule has 0 bridgehead atoms.